The zero-order chi connectivity index (χ0) is 11.7. The fourth-order valence-corrected chi connectivity index (χ4v) is 1.59. The van der Waals surface area contributed by atoms with E-state index < -0.39 is 0 Å². The molecule has 0 spiro atoms. The molecule has 3 heteroatoms. The van der Waals surface area contributed by atoms with Crippen LogP contribution in [0, 0.1) is 13.8 Å². The maximum absolute atomic E-state index is 5.74. The van der Waals surface area contributed by atoms with E-state index in [1.54, 1.807) is 0 Å². The van der Waals surface area contributed by atoms with E-state index in [2.05, 4.69) is 24.0 Å². The van der Waals surface area contributed by atoms with Crippen molar-refractivity contribution in [1.82, 2.24) is 4.98 Å². The van der Waals surface area contributed by atoms with Gasteiger partial charge in [0, 0.05) is 5.56 Å². The molecule has 0 aliphatic carbocycles. The van der Waals surface area contributed by atoms with Crippen molar-refractivity contribution in [1.29, 1.82) is 0 Å². The molecule has 0 fully saturated rings. The van der Waals surface area contributed by atoms with Gasteiger partial charge in [-0.25, -0.2) is 4.98 Å². The Morgan fingerprint density at radius 2 is 1.81 bits per heavy atom. The first-order valence-corrected chi connectivity index (χ1v) is 5.38. The molecular formula is C13H16N2O. The molecule has 16 heavy (non-hydrogen) atoms. The summed E-state index contributed by atoms with van der Waals surface area (Å²) in [4.78, 5) is 4.42. The van der Waals surface area contributed by atoms with Crippen molar-refractivity contribution < 1.29 is 4.42 Å². The van der Waals surface area contributed by atoms with E-state index in [0.717, 1.165) is 17.0 Å². The van der Waals surface area contributed by atoms with Gasteiger partial charge in [-0.3, -0.25) is 0 Å². The van der Waals surface area contributed by atoms with Crippen LogP contribution in [0.4, 0.5) is 0 Å². The molecule has 1 aromatic heterocycles. The van der Waals surface area contributed by atoms with Gasteiger partial charge < -0.3 is 10.2 Å². The Kier molecular flexibility index (Phi) is 2.79. The Morgan fingerprint density at radius 3 is 2.31 bits per heavy atom. The summed E-state index contributed by atoms with van der Waals surface area (Å²) in [6.45, 7) is 5.84. The summed E-state index contributed by atoms with van der Waals surface area (Å²) in [6.07, 6.45) is 0. The lowest BCUT2D eigenvalue weighted by atomic mass is 10.1. The third kappa shape index (κ3) is 1.99. The summed E-state index contributed by atoms with van der Waals surface area (Å²) in [5.41, 5.74) is 8.93. The highest BCUT2D eigenvalue weighted by atomic mass is 16.4. The van der Waals surface area contributed by atoms with Crippen LogP contribution in [0.25, 0.3) is 11.3 Å². The second kappa shape index (κ2) is 4.10. The molecule has 3 nitrogen and oxygen atoms in total. The number of hydrogen-bond acceptors (Lipinski definition) is 3. The predicted octanol–water partition coefficient (Wildman–Crippen LogP) is 2.98. The summed E-state index contributed by atoms with van der Waals surface area (Å²) in [6, 6.07) is 8.05. The molecule has 0 amide bonds. The Morgan fingerprint density at radius 1 is 1.19 bits per heavy atom. The fraction of sp³-hybridized carbons (Fsp3) is 0.308. The molecule has 1 heterocycles. The second-order valence-corrected chi connectivity index (χ2v) is 4.11. The molecule has 2 N–H and O–H groups in total. The molecule has 84 valence electrons. The van der Waals surface area contributed by atoms with Crippen LogP contribution in [-0.2, 0) is 0 Å². The van der Waals surface area contributed by atoms with Gasteiger partial charge in [-0.15, -0.1) is 0 Å². The highest BCUT2D eigenvalue weighted by molar-refractivity contribution is 5.61. The van der Waals surface area contributed by atoms with Crippen LogP contribution in [0.3, 0.4) is 0 Å². The Bertz CT molecular complexity index is 483. The monoisotopic (exact) mass is 216 g/mol. The van der Waals surface area contributed by atoms with E-state index >= 15 is 0 Å². The molecule has 0 saturated heterocycles. The number of aryl methyl sites for hydroxylation is 2. The van der Waals surface area contributed by atoms with E-state index in [1.807, 2.05) is 26.0 Å². The summed E-state index contributed by atoms with van der Waals surface area (Å²) in [7, 11) is 0. The number of hydrogen-bond donors (Lipinski definition) is 1. The lowest BCUT2D eigenvalue weighted by Crippen LogP contribution is -2.04. The van der Waals surface area contributed by atoms with E-state index in [-0.39, 0.29) is 6.04 Å². The van der Waals surface area contributed by atoms with E-state index in [9.17, 15) is 0 Å². The van der Waals surface area contributed by atoms with Crippen LogP contribution >= 0.6 is 0 Å². The molecule has 0 bridgehead atoms. The highest BCUT2D eigenvalue weighted by Crippen LogP contribution is 2.25. The zero-order valence-electron chi connectivity index (χ0n) is 9.82. The zero-order valence-corrected chi connectivity index (χ0v) is 9.82. The molecular weight excluding hydrogens is 200 g/mol. The van der Waals surface area contributed by atoms with Crippen molar-refractivity contribution in [3.8, 4) is 11.3 Å². The number of rotatable bonds is 2. The van der Waals surface area contributed by atoms with Gasteiger partial charge in [0.05, 0.1) is 6.04 Å². The lowest BCUT2D eigenvalue weighted by molar-refractivity contribution is 0.444. The van der Waals surface area contributed by atoms with Crippen LogP contribution in [0.2, 0.25) is 0 Å². The van der Waals surface area contributed by atoms with Crippen molar-refractivity contribution in [2.24, 2.45) is 5.73 Å². The van der Waals surface area contributed by atoms with Gasteiger partial charge in [-0.05, 0) is 20.8 Å². The second-order valence-electron chi connectivity index (χ2n) is 4.11. The van der Waals surface area contributed by atoms with Crippen molar-refractivity contribution in [2.75, 3.05) is 0 Å². The molecule has 2 rings (SSSR count). The van der Waals surface area contributed by atoms with Gasteiger partial charge >= 0.3 is 0 Å². The van der Waals surface area contributed by atoms with Crippen molar-refractivity contribution in [3.63, 3.8) is 0 Å². The molecule has 2 aromatic rings. The summed E-state index contributed by atoms with van der Waals surface area (Å²) in [5, 5.41) is 0. The minimum absolute atomic E-state index is 0.169. The van der Waals surface area contributed by atoms with Gasteiger partial charge in [0.2, 0.25) is 5.89 Å². The summed E-state index contributed by atoms with van der Waals surface area (Å²) in [5.74, 6) is 1.41. The SMILES string of the molecule is Cc1ccc(-c2nc(C(C)N)oc2C)cc1. The number of nitrogens with zero attached hydrogens (tertiary/aromatic N) is 1. The summed E-state index contributed by atoms with van der Waals surface area (Å²) >= 11 is 0. The molecule has 0 radical (unpaired) electrons. The Balaban J connectivity index is 2.44. The number of benzene rings is 1. The molecule has 1 unspecified atom stereocenters. The Labute approximate surface area is 95.3 Å². The smallest absolute Gasteiger partial charge is 0.211 e. The average molecular weight is 216 g/mol. The van der Waals surface area contributed by atoms with Crippen molar-refractivity contribution in [2.45, 2.75) is 26.8 Å². The van der Waals surface area contributed by atoms with Crippen LogP contribution in [0.15, 0.2) is 28.7 Å². The molecule has 0 aliphatic rings. The largest absolute Gasteiger partial charge is 0.444 e. The first-order valence-electron chi connectivity index (χ1n) is 5.38. The van der Waals surface area contributed by atoms with Crippen LogP contribution in [0.5, 0.6) is 0 Å². The van der Waals surface area contributed by atoms with E-state index in [0.29, 0.717) is 5.89 Å². The van der Waals surface area contributed by atoms with Crippen LogP contribution in [-0.4, -0.2) is 4.98 Å². The number of oxazole rings is 1. The maximum Gasteiger partial charge on any atom is 0.211 e. The topological polar surface area (TPSA) is 52.0 Å². The molecule has 0 saturated carbocycles. The quantitative estimate of drug-likeness (QED) is 0.839. The maximum atomic E-state index is 5.74. The highest BCUT2D eigenvalue weighted by Gasteiger charge is 2.13. The first kappa shape index (κ1) is 10.9. The van der Waals surface area contributed by atoms with Crippen molar-refractivity contribution in [3.05, 3.63) is 41.5 Å². The molecule has 1 aromatic carbocycles. The van der Waals surface area contributed by atoms with Crippen molar-refractivity contribution >= 4 is 0 Å². The lowest BCUT2D eigenvalue weighted by Gasteiger charge is -1.98. The minimum Gasteiger partial charge on any atom is -0.444 e. The fourth-order valence-electron chi connectivity index (χ4n) is 1.59. The van der Waals surface area contributed by atoms with E-state index in [1.165, 1.54) is 5.56 Å². The molecule has 1 atom stereocenters. The standard InChI is InChI=1S/C13H16N2O/c1-8-4-6-11(7-5-8)12-10(3)16-13(15-12)9(2)14/h4-7,9H,14H2,1-3H3. The third-order valence-electron chi connectivity index (χ3n) is 2.53. The van der Waals surface area contributed by atoms with E-state index in [4.69, 9.17) is 10.2 Å². The van der Waals surface area contributed by atoms with Crippen LogP contribution < -0.4 is 5.73 Å². The van der Waals surface area contributed by atoms with Gasteiger partial charge in [0.15, 0.2) is 0 Å². The average Bonchev–Trinajstić information content (AvgIpc) is 2.62. The normalized spacial score (nSPS) is 12.8. The number of nitrogens with two attached hydrogens (primary N) is 1. The van der Waals surface area contributed by atoms with Gasteiger partial charge in [0.1, 0.15) is 11.5 Å². The van der Waals surface area contributed by atoms with Gasteiger partial charge in [-0.1, -0.05) is 29.8 Å². The van der Waals surface area contributed by atoms with Gasteiger partial charge in [-0.2, -0.15) is 0 Å². The number of aromatic nitrogens is 1. The van der Waals surface area contributed by atoms with Crippen LogP contribution in [0.1, 0.15) is 30.2 Å². The third-order valence-corrected chi connectivity index (χ3v) is 2.53. The minimum atomic E-state index is -0.169. The molecule has 0 aliphatic heterocycles. The van der Waals surface area contributed by atoms with Gasteiger partial charge in [0.25, 0.3) is 0 Å². The summed E-state index contributed by atoms with van der Waals surface area (Å²) < 4.78 is 5.52. The predicted molar refractivity (Wildman–Crippen MR) is 64.0 cm³/mol. The Hall–Kier alpha value is -1.61. The first-order chi connectivity index (χ1) is 7.58.